The van der Waals surface area contributed by atoms with Gasteiger partial charge in [-0.05, 0) is 11.6 Å². The van der Waals surface area contributed by atoms with Gasteiger partial charge >= 0.3 is 5.97 Å². The number of aromatic amines is 1. The zero-order valence-electron chi connectivity index (χ0n) is 10.9. The third-order valence-corrected chi connectivity index (χ3v) is 2.91. The number of methoxy groups -OCH3 is 1. The minimum atomic E-state index is -0.504. The molecular weight excluding hydrogens is 242 g/mol. The molecule has 0 fully saturated rings. The lowest BCUT2D eigenvalue weighted by atomic mass is 10.1. The molecule has 4 nitrogen and oxygen atoms in total. The van der Waals surface area contributed by atoms with Crippen LogP contribution in [0.3, 0.4) is 0 Å². The predicted molar refractivity (Wildman–Crippen MR) is 72.2 cm³/mol. The molecule has 1 aromatic heterocycles. The van der Waals surface area contributed by atoms with E-state index < -0.39 is 5.97 Å². The zero-order chi connectivity index (χ0) is 13.8. The first kappa shape index (κ1) is 13.1. The molecule has 4 heteroatoms. The van der Waals surface area contributed by atoms with Gasteiger partial charge in [0.1, 0.15) is 0 Å². The lowest BCUT2D eigenvalue weighted by Crippen LogP contribution is -2.08. The van der Waals surface area contributed by atoms with E-state index >= 15 is 0 Å². The second kappa shape index (κ2) is 5.52. The fraction of sp³-hybridized carbons (Fsp3) is 0.200. The topological polar surface area (TPSA) is 59.2 Å². The number of ether oxygens (including phenoxy) is 1. The smallest absolute Gasteiger partial charge is 0.340 e. The van der Waals surface area contributed by atoms with Crippen molar-refractivity contribution in [2.45, 2.75) is 13.3 Å². The molecule has 0 radical (unpaired) electrons. The Morgan fingerprint density at radius 3 is 2.47 bits per heavy atom. The molecule has 98 valence electrons. The summed E-state index contributed by atoms with van der Waals surface area (Å²) in [6.45, 7) is 1.76. The van der Waals surface area contributed by atoms with Crippen molar-refractivity contribution in [2.75, 3.05) is 7.11 Å². The van der Waals surface area contributed by atoms with Gasteiger partial charge in [0.25, 0.3) is 0 Å². The van der Waals surface area contributed by atoms with Gasteiger partial charge in [-0.1, -0.05) is 37.3 Å². The molecule has 0 bridgehead atoms. The van der Waals surface area contributed by atoms with Crippen molar-refractivity contribution in [3.8, 4) is 11.3 Å². The Hall–Kier alpha value is -2.36. The molecule has 0 aliphatic carbocycles. The Labute approximate surface area is 111 Å². The molecule has 1 aromatic carbocycles. The number of nitrogens with one attached hydrogen (secondary N) is 1. The summed E-state index contributed by atoms with van der Waals surface area (Å²) in [5.74, 6) is -0.613. The minimum Gasteiger partial charge on any atom is -0.465 e. The van der Waals surface area contributed by atoms with Crippen molar-refractivity contribution in [1.82, 2.24) is 4.98 Å². The van der Waals surface area contributed by atoms with Crippen molar-refractivity contribution in [3.63, 3.8) is 0 Å². The van der Waals surface area contributed by atoms with Crippen molar-refractivity contribution in [1.29, 1.82) is 0 Å². The first-order valence-corrected chi connectivity index (χ1v) is 6.07. The summed E-state index contributed by atoms with van der Waals surface area (Å²) in [4.78, 5) is 26.6. The second-order valence-corrected chi connectivity index (χ2v) is 4.11. The van der Waals surface area contributed by atoms with Gasteiger partial charge in [-0.2, -0.15) is 0 Å². The van der Waals surface area contributed by atoms with E-state index in [1.54, 1.807) is 13.0 Å². The molecule has 2 aromatic rings. The van der Waals surface area contributed by atoms with Crippen LogP contribution in [0.1, 0.15) is 34.2 Å². The Morgan fingerprint density at radius 2 is 1.89 bits per heavy atom. The number of carbonyl (C=O) groups is 2. The lowest BCUT2D eigenvalue weighted by Gasteiger charge is -1.99. The highest BCUT2D eigenvalue weighted by Crippen LogP contribution is 2.23. The Morgan fingerprint density at radius 1 is 1.21 bits per heavy atom. The molecule has 0 spiro atoms. The number of hydrogen-bond acceptors (Lipinski definition) is 3. The van der Waals surface area contributed by atoms with Crippen LogP contribution in [0.15, 0.2) is 36.4 Å². The predicted octanol–water partition coefficient (Wildman–Crippen LogP) is 3.06. The number of ketones is 1. The van der Waals surface area contributed by atoms with E-state index in [1.807, 2.05) is 30.3 Å². The van der Waals surface area contributed by atoms with Crippen LogP contribution >= 0.6 is 0 Å². The molecule has 0 unspecified atom stereocenters. The highest BCUT2D eigenvalue weighted by Gasteiger charge is 2.20. The largest absolute Gasteiger partial charge is 0.465 e. The number of Topliss-reactive ketones (excluding diaryl/α,β-unsaturated/α-hetero) is 1. The fourth-order valence-corrected chi connectivity index (χ4v) is 1.90. The highest BCUT2D eigenvalue weighted by atomic mass is 16.5. The van der Waals surface area contributed by atoms with Crippen LogP contribution < -0.4 is 0 Å². The van der Waals surface area contributed by atoms with Gasteiger partial charge in [0.2, 0.25) is 0 Å². The third kappa shape index (κ3) is 2.57. The maximum absolute atomic E-state index is 11.9. The average Bonchev–Trinajstić information content (AvgIpc) is 2.91. The molecule has 0 aliphatic rings. The summed E-state index contributed by atoms with van der Waals surface area (Å²) in [5, 5.41) is 0. The monoisotopic (exact) mass is 257 g/mol. The molecular formula is C15H15NO3. The van der Waals surface area contributed by atoms with E-state index in [2.05, 4.69) is 4.98 Å². The molecule has 19 heavy (non-hydrogen) atoms. The van der Waals surface area contributed by atoms with Crippen LogP contribution in [0.5, 0.6) is 0 Å². The SMILES string of the molecule is CCC(=O)c1[nH]c(-c2ccccc2)cc1C(=O)OC. The number of carbonyl (C=O) groups excluding carboxylic acids is 2. The Kier molecular flexibility index (Phi) is 3.80. The van der Waals surface area contributed by atoms with Gasteiger partial charge in [0.05, 0.1) is 18.4 Å². The fourth-order valence-electron chi connectivity index (χ4n) is 1.90. The van der Waals surface area contributed by atoms with E-state index in [0.717, 1.165) is 11.3 Å². The van der Waals surface area contributed by atoms with Crippen molar-refractivity contribution >= 4 is 11.8 Å². The highest BCUT2D eigenvalue weighted by molar-refractivity contribution is 6.06. The van der Waals surface area contributed by atoms with Crippen molar-refractivity contribution < 1.29 is 14.3 Å². The van der Waals surface area contributed by atoms with E-state index in [0.29, 0.717) is 12.1 Å². The van der Waals surface area contributed by atoms with Gasteiger partial charge in [-0.15, -0.1) is 0 Å². The van der Waals surface area contributed by atoms with Crippen LogP contribution in [0.25, 0.3) is 11.3 Å². The first-order valence-electron chi connectivity index (χ1n) is 6.07. The number of benzene rings is 1. The lowest BCUT2D eigenvalue weighted by molar-refractivity contribution is 0.0597. The van der Waals surface area contributed by atoms with Crippen LogP contribution in [0, 0.1) is 0 Å². The Balaban J connectivity index is 2.52. The van der Waals surface area contributed by atoms with Crippen molar-refractivity contribution in [3.05, 3.63) is 47.7 Å². The third-order valence-electron chi connectivity index (χ3n) is 2.91. The molecule has 1 heterocycles. The number of esters is 1. The van der Waals surface area contributed by atoms with Crippen LogP contribution in [0.2, 0.25) is 0 Å². The second-order valence-electron chi connectivity index (χ2n) is 4.11. The standard InChI is InChI=1S/C15H15NO3/c1-3-13(17)14-11(15(18)19-2)9-12(16-14)10-7-5-4-6-8-10/h4-9,16H,3H2,1-2H3. The Bertz CT molecular complexity index is 566. The van der Waals surface area contributed by atoms with E-state index in [1.165, 1.54) is 7.11 Å². The summed E-state index contributed by atoms with van der Waals surface area (Å²) < 4.78 is 4.71. The van der Waals surface area contributed by atoms with Gasteiger partial charge in [-0.25, -0.2) is 4.79 Å². The molecule has 1 N–H and O–H groups in total. The van der Waals surface area contributed by atoms with Gasteiger partial charge in [0, 0.05) is 12.1 Å². The number of hydrogen-bond donors (Lipinski definition) is 1. The maximum atomic E-state index is 11.9. The van der Waals surface area contributed by atoms with E-state index in [9.17, 15) is 9.59 Å². The summed E-state index contributed by atoms with van der Waals surface area (Å²) in [6, 6.07) is 11.2. The maximum Gasteiger partial charge on any atom is 0.340 e. The molecule has 2 rings (SSSR count). The average molecular weight is 257 g/mol. The number of rotatable bonds is 4. The van der Waals surface area contributed by atoms with Gasteiger partial charge in [-0.3, -0.25) is 4.79 Å². The summed E-state index contributed by atoms with van der Waals surface area (Å²) in [6.07, 6.45) is 0.332. The quantitative estimate of drug-likeness (QED) is 0.676. The zero-order valence-corrected chi connectivity index (χ0v) is 10.9. The van der Waals surface area contributed by atoms with Gasteiger partial charge in [0.15, 0.2) is 5.78 Å². The molecule has 0 saturated carbocycles. The molecule has 0 saturated heterocycles. The van der Waals surface area contributed by atoms with Crippen LogP contribution in [-0.2, 0) is 4.74 Å². The van der Waals surface area contributed by atoms with Crippen LogP contribution in [-0.4, -0.2) is 23.8 Å². The van der Waals surface area contributed by atoms with E-state index in [4.69, 9.17) is 4.74 Å². The van der Waals surface area contributed by atoms with E-state index in [-0.39, 0.29) is 11.3 Å². The molecule has 0 amide bonds. The van der Waals surface area contributed by atoms with Crippen molar-refractivity contribution in [2.24, 2.45) is 0 Å². The normalized spacial score (nSPS) is 10.2. The minimum absolute atomic E-state index is 0.109. The molecule has 0 aliphatic heterocycles. The summed E-state index contributed by atoms with van der Waals surface area (Å²) >= 11 is 0. The summed E-state index contributed by atoms with van der Waals surface area (Å²) in [7, 11) is 1.30. The number of H-pyrrole nitrogens is 1. The summed E-state index contributed by atoms with van der Waals surface area (Å²) in [5.41, 5.74) is 2.25. The first-order chi connectivity index (χ1) is 9.17. The van der Waals surface area contributed by atoms with Crippen LogP contribution in [0.4, 0.5) is 0 Å². The number of aromatic nitrogens is 1. The van der Waals surface area contributed by atoms with Gasteiger partial charge < -0.3 is 9.72 Å². The molecule has 0 atom stereocenters.